The van der Waals surface area contributed by atoms with Crippen molar-refractivity contribution in [2.75, 3.05) is 5.32 Å². The molecular formula is C11H14BF2NO4. The van der Waals surface area contributed by atoms with Gasteiger partial charge in [-0.25, -0.2) is 13.6 Å². The third-order valence-corrected chi connectivity index (χ3v) is 2.03. The summed E-state index contributed by atoms with van der Waals surface area (Å²) in [5, 5.41) is 19.6. The van der Waals surface area contributed by atoms with E-state index < -0.39 is 41.6 Å². The fraction of sp³-hybridized carbons (Fsp3) is 0.364. The van der Waals surface area contributed by atoms with Crippen LogP contribution in [0.2, 0.25) is 0 Å². The van der Waals surface area contributed by atoms with Gasteiger partial charge in [0.05, 0.1) is 5.69 Å². The Morgan fingerprint density at radius 3 is 2.32 bits per heavy atom. The van der Waals surface area contributed by atoms with Crippen molar-refractivity contribution in [3.8, 4) is 0 Å². The largest absolute Gasteiger partial charge is 0.491 e. The number of ether oxygens (including phenoxy) is 1. The summed E-state index contributed by atoms with van der Waals surface area (Å²) in [4.78, 5) is 11.4. The topological polar surface area (TPSA) is 78.8 Å². The van der Waals surface area contributed by atoms with E-state index in [1.807, 2.05) is 5.32 Å². The van der Waals surface area contributed by atoms with Crippen LogP contribution in [0.4, 0.5) is 19.3 Å². The Kier molecular flexibility index (Phi) is 4.49. The van der Waals surface area contributed by atoms with Gasteiger partial charge in [-0.15, -0.1) is 0 Å². The van der Waals surface area contributed by atoms with E-state index in [0.29, 0.717) is 0 Å². The van der Waals surface area contributed by atoms with E-state index in [-0.39, 0.29) is 0 Å². The van der Waals surface area contributed by atoms with E-state index >= 15 is 0 Å². The van der Waals surface area contributed by atoms with Crippen molar-refractivity contribution in [1.29, 1.82) is 0 Å². The fourth-order valence-corrected chi connectivity index (χ4v) is 1.27. The smallest absolute Gasteiger partial charge is 0.444 e. The number of hydrogen-bond donors (Lipinski definition) is 3. The highest BCUT2D eigenvalue weighted by Crippen LogP contribution is 2.17. The zero-order valence-electron chi connectivity index (χ0n) is 10.7. The molecule has 0 aromatic heterocycles. The van der Waals surface area contributed by atoms with E-state index in [1.165, 1.54) is 0 Å². The van der Waals surface area contributed by atoms with E-state index in [9.17, 15) is 13.6 Å². The quantitative estimate of drug-likeness (QED) is 0.702. The van der Waals surface area contributed by atoms with Crippen LogP contribution >= 0.6 is 0 Å². The zero-order chi connectivity index (χ0) is 14.8. The van der Waals surface area contributed by atoms with Gasteiger partial charge >= 0.3 is 13.2 Å². The molecule has 0 aliphatic carbocycles. The van der Waals surface area contributed by atoms with Crippen LogP contribution in [0.3, 0.4) is 0 Å². The molecule has 1 amide bonds. The Morgan fingerprint density at radius 2 is 1.84 bits per heavy atom. The Morgan fingerprint density at radius 1 is 1.26 bits per heavy atom. The molecule has 1 aromatic rings. The van der Waals surface area contributed by atoms with Crippen LogP contribution in [0.5, 0.6) is 0 Å². The van der Waals surface area contributed by atoms with E-state index in [0.717, 1.165) is 12.1 Å². The van der Waals surface area contributed by atoms with Gasteiger partial charge in [-0.2, -0.15) is 0 Å². The molecule has 0 aliphatic rings. The molecule has 19 heavy (non-hydrogen) atoms. The van der Waals surface area contributed by atoms with Gasteiger partial charge < -0.3 is 14.8 Å². The van der Waals surface area contributed by atoms with Crippen LogP contribution < -0.4 is 10.8 Å². The highest BCUT2D eigenvalue weighted by molar-refractivity contribution is 6.58. The molecule has 0 heterocycles. The molecule has 1 rings (SSSR count). The van der Waals surface area contributed by atoms with Crippen molar-refractivity contribution in [3.63, 3.8) is 0 Å². The number of benzene rings is 1. The van der Waals surface area contributed by atoms with E-state index in [4.69, 9.17) is 14.8 Å². The maximum absolute atomic E-state index is 13.5. The molecule has 0 unspecified atom stereocenters. The van der Waals surface area contributed by atoms with Crippen molar-refractivity contribution in [2.24, 2.45) is 0 Å². The molecule has 5 nitrogen and oxygen atoms in total. The Bertz CT molecular complexity index is 488. The van der Waals surface area contributed by atoms with Gasteiger partial charge in [0.2, 0.25) is 0 Å². The van der Waals surface area contributed by atoms with E-state index in [2.05, 4.69) is 0 Å². The standard InChI is InChI=1S/C11H14BF2NO4/c1-11(2,3)19-10(16)15-7-5-4-6(12(17)18)8(13)9(7)14/h4-5,17-18H,1-3H3,(H,15,16). The molecule has 0 radical (unpaired) electrons. The first-order valence-electron chi connectivity index (χ1n) is 5.46. The van der Waals surface area contributed by atoms with Gasteiger partial charge in [-0.3, -0.25) is 5.32 Å². The van der Waals surface area contributed by atoms with Crippen molar-refractivity contribution >= 4 is 24.4 Å². The summed E-state index contributed by atoms with van der Waals surface area (Å²) in [6, 6.07) is 1.97. The van der Waals surface area contributed by atoms with Crippen LogP contribution in [0.1, 0.15) is 20.8 Å². The van der Waals surface area contributed by atoms with Gasteiger partial charge in [-0.05, 0) is 26.8 Å². The predicted octanol–water partition coefficient (Wildman–Crippen LogP) is 0.992. The summed E-state index contributed by atoms with van der Waals surface area (Å²) in [6.07, 6.45) is -0.942. The van der Waals surface area contributed by atoms with Crippen LogP contribution in [-0.4, -0.2) is 28.9 Å². The van der Waals surface area contributed by atoms with Gasteiger partial charge in [-0.1, -0.05) is 6.07 Å². The second-order valence-electron chi connectivity index (χ2n) is 4.83. The maximum atomic E-state index is 13.5. The van der Waals surface area contributed by atoms with Crippen LogP contribution in [0.15, 0.2) is 12.1 Å². The number of carbonyl (C=O) groups excluding carboxylic acids is 1. The van der Waals surface area contributed by atoms with Crippen LogP contribution in [-0.2, 0) is 4.74 Å². The SMILES string of the molecule is CC(C)(C)OC(=O)Nc1ccc(B(O)O)c(F)c1F. The van der Waals surface area contributed by atoms with Crippen LogP contribution in [0.25, 0.3) is 0 Å². The lowest BCUT2D eigenvalue weighted by Gasteiger charge is -2.20. The summed E-state index contributed by atoms with van der Waals surface area (Å²) in [7, 11) is -2.13. The second-order valence-corrected chi connectivity index (χ2v) is 4.83. The summed E-state index contributed by atoms with van der Waals surface area (Å²) >= 11 is 0. The lowest BCUT2D eigenvalue weighted by molar-refractivity contribution is 0.0635. The lowest BCUT2D eigenvalue weighted by Crippen LogP contribution is -2.34. The average Bonchev–Trinajstić information content (AvgIpc) is 2.21. The normalized spacial score (nSPS) is 11.1. The summed E-state index contributed by atoms with van der Waals surface area (Å²) < 4.78 is 31.8. The first kappa shape index (κ1) is 15.4. The minimum Gasteiger partial charge on any atom is -0.444 e. The zero-order valence-corrected chi connectivity index (χ0v) is 10.7. The summed E-state index contributed by atoms with van der Waals surface area (Å²) in [6.45, 7) is 4.86. The number of nitrogens with one attached hydrogen (secondary N) is 1. The number of halogens is 2. The first-order chi connectivity index (χ1) is 8.61. The fourth-order valence-electron chi connectivity index (χ4n) is 1.27. The third kappa shape index (κ3) is 4.18. The summed E-state index contributed by atoms with van der Waals surface area (Å²) in [5.41, 5.74) is -1.84. The molecule has 0 saturated heterocycles. The second kappa shape index (κ2) is 5.54. The van der Waals surface area contributed by atoms with Crippen molar-refractivity contribution in [1.82, 2.24) is 0 Å². The van der Waals surface area contributed by atoms with Gasteiger partial charge in [0.25, 0.3) is 0 Å². The molecule has 1 aromatic carbocycles. The predicted molar refractivity (Wildman–Crippen MR) is 66.0 cm³/mol. The van der Waals surface area contributed by atoms with Gasteiger partial charge in [0.1, 0.15) is 5.60 Å². The van der Waals surface area contributed by atoms with Crippen molar-refractivity contribution < 1.29 is 28.4 Å². The molecule has 8 heteroatoms. The molecular weight excluding hydrogens is 259 g/mol. The molecule has 0 atom stereocenters. The number of amides is 1. The molecule has 0 aliphatic heterocycles. The molecule has 0 spiro atoms. The Labute approximate surface area is 109 Å². The van der Waals surface area contributed by atoms with Gasteiger partial charge in [0.15, 0.2) is 11.6 Å². The van der Waals surface area contributed by atoms with Crippen molar-refractivity contribution in [3.05, 3.63) is 23.8 Å². The molecule has 0 saturated carbocycles. The lowest BCUT2D eigenvalue weighted by atomic mass is 9.79. The molecule has 0 fully saturated rings. The highest BCUT2D eigenvalue weighted by atomic mass is 19.2. The Balaban J connectivity index is 2.92. The number of carbonyl (C=O) groups is 1. The maximum Gasteiger partial charge on any atom is 0.491 e. The number of rotatable bonds is 2. The van der Waals surface area contributed by atoms with Crippen molar-refractivity contribution in [2.45, 2.75) is 26.4 Å². The Hall–Kier alpha value is -1.67. The molecule has 3 N–H and O–H groups in total. The molecule has 104 valence electrons. The summed E-state index contributed by atoms with van der Waals surface area (Å²) in [5.74, 6) is -2.83. The number of anilines is 1. The number of hydrogen-bond acceptors (Lipinski definition) is 4. The monoisotopic (exact) mass is 273 g/mol. The third-order valence-electron chi connectivity index (χ3n) is 2.03. The van der Waals surface area contributed by atoms with E-state index in [1.54, 1.807) is 20.8 Å². The highest BCUT2D eigenvalue weighted by Gasteiger charge is 2.23. The minimum absolute atomic E-state index is 0.448. The molecule has 0 bridgehead atoms. The minimum atomic E-state index is -2.13. The van der Waals surface area contributed by atoms with Crippen LogP contribution in [0, 0.1) is 11.6 Å². The average molecular weight is 273 g/mol. The van der Waals surface area contributed by atoms with Gasteiger partial charge in [0, 0.05) is 5.46 Å². The first-order valence-corrected chi connectivity index (χ1v) is 5.46.